The van der Waals surface area contributed by atoms with E-state index in [2.05, 4.69) is 10.7 Å². The summed E-state index contributed by atoms with van der Waals surface area (Å²) in [6, 6.07) is 7.81. The number of nitrogens with one attached hydrogen (secondary N) is 1. The Bertz CT molecular complexity index is 303. The van der Waals surface area contributed by atoms with Gasteiger partial charge in [-0.25, -0.2) is 0 Å². The fraction of sp³-hybridized carbons (Fsp3) is 0.364. The quantitative estimate of drug-likeness (QED) is 0.568. The van der Waals surface area contributed by atoms with Gasteiger partial charge in [0.2, 0.25) is 0 Å². The second-order valence-electron chi connectivity index (χ2n) is 3.25. The summed E-state index contributed by atoms with van der Waals surface area (Å²) >= 11 is 1.65. The third kappa shape index (κ3) is 5.90. The van der Waals surface area contributed by atoms with E-state index in [9.17, 15) is 4.79 Å². The molecule has 0 radical (unpaired) electrons. The predicted molar refractivity (Wildman–Crippen MR) is 52.5 cm³/mol. The molecule has 1 aromatic rings. The summed E-state index contributed by atoms with van der Waals surface area (Å²) in [5.41, 5.74) is 2.03. The molecule has 2 nitrogen and oxygen atoms in total. The summed E-state index contributed by atoms with van der Waals surface area (Å²) < 4.78 is 2.60. The Hall–Kier alpha value is -0.0157. The van der Waals surface area contributed by atoms with Crippen LogP contribution in [0.5, 0.6) is 0 Å². The van der Waals surface area contributed by atoms with E-state index in [-0.39, 0.29) is 30.7 Å². The van der Waals surface area contributed by atoms with Gasteiger partial charge in [0.15, 0.2) is 0 Å². The van der Waals surface area contributed by atoms with Crippen LogP contribution in [0.1, 0.15) is 35.7 Å². The van der Waals surface area contributed by atoms with Crippen molar-refractivity contribution in [2.24, 2.45) is 0 Å². The van der Waals surface area contributed by atoms with E-state index < -0.39 is 0 Å². The molecule has 0 unspecified atom stereocenters. The van der Waals surface area contributed by atoms with Gasteiger partial charge >= 0.3 is 96.8 Å². The van der Waals surface area contributed by atoms with Gasteiger partial charge in [-0.1, -0.05) is 0 Å². The van der Waals surface area contributed by atoms with Crippen LogP contribution in [0.3, 0.4) is 0 Å². The van der Waals surface area contributed by atoms with Gasteiger partial charge in [-0.05, 0) is 0 Å². The minimum atomic E-state index is -0.0213. The van der Waals surface area contributed by atoms with Crippen LogP contribution < -0.4 is 28.6 Å². The molecule has 0 saturated carbocycles. The van der Waals surface area contributed by atoms with Crippen LogP contribution in [0, 0.1) is 0 Å². The van der Waals surface area contributed by atoms with E-state index in [1.165, 1.54) is 18.4 Å². The van der Waals surface area contributed by atoms with Gasteiger partial charge in [0, 0.05) is 0 Å². The van der Waals surface area contributed by atoms with E-state index in [1.54, 1.807) is 20.7 Å². The minimum absolute atomic E-state index is 0. The van der Waals surface area contributed by atoms with Gasteiger partial charge in [0.25, 0.3) is 0 Å². The molecule has 0 aliphatic carbocycles. The monoisotopic (exact) mass is 294 g/mol. The summed E-state index contributed by atoms with van der Waals surface area (Å²) in [6.07, 6.45) is 3.51. The number of halogens is 2. The van der Waals surface area contributed by atoms with E-state index in [4.69, 9.17) is 0 Å². The van der Waals surface area contributed by atoms with E-state index >= 15 is 0 Å². The Labute approximate surface area is 121 Å². The summed E-state index contributed by atoms with van der Waals surface area (Å²) in [6.45, 7) is 2.18. The summed E-state index contributed by atoms with van der Waals surface area (Å²) in [4.78, 5) is 11.2. The Morgan fingerprint density at radius 1 is 1.25 bits per heavy atom. The average molecular weight is 295 g/mol. The number of amides is 1. The number of carbonyl (C=O) groups is 1. The van der Waals surface area contributed by atoms with Gasteiger partial charge in [-0.15, -0.1) is 0 Å². The second-order valence-corrected chi connectivity index (χ2v) is 3.64. The predicted octanol–water partition coefficient (Wildman–Crippen LogP) is -3.77. The van der Waals surface area contributed by atoms with Crippen molar-refractivity contribution in [1.82, 2.24) is 3.80 Å². The summed E-state index contributed by atoms with van der Waals surface area (Å²) in [5, 5.41) is 0. The van der Waals surface area contributed by atoms with Crippen LogP contribution in [-0.2, 0) is 27.1 Å². The first-order chi connectivity index (χ1) is 6.77. The van der Waals surface area contributed by atoms with E-state index in [0.717, 1.165) is 12.0 Å². The molecule has 0 fully saturated rings. The molecule has 0 aliphatic heterocycles. The standard InChI is InChI=1S/C11H15NO.2ClH.Ti/c1-2-3-4-9-5-7-10(8-6-9)11(12)13;;;/h5-8H,2-4H2,1H3,(H2,12,13);2*1H;/q;;;+3/p-3. The number of benzene rings is 1. The number of rotatable bonds is 4. The summed E-state index contributed by atoms with van der Waals surface area (Å²) in [7, 11) is 0. The molecule has 0 bridgehead atoms. The SMILES string of the molecule is CCCCc1ccc(C(=O)[NH][Ti+2])cc1.[Cl-].[Cl-]. The van der Waals surface area contributed by atoms with Gasteiger partial charge < -0.3 is 24.8 Å². The maximum Gasteiger partial charge on any atom is -1.00 e. The number of hydrogen-bond donors (Lipinski definition) is 1. The fourth-order valence-corrected chi connectivity index (χ4v) is 1.50. The molecule has 0 spiro atoms. The molecule has 5 heteroatoms. The maximum atomic E-state index is 11.2. The van der Waals surface area contributed by atoms with Gasteiger partial charge in [0.05, 0.1) is 0 Å². The van der Waals surface area contributed by atoms with Crippen LogP contribution in [0.4, 0.5) is 0 Å². The maximum absolute atomic E-state index is 11.2. The zero-order chi connectivity index (χ0) is 10.4. The molecule has 0 aromatic heterocycles. The van der Waals surface area contributed by atoms with Crippen molar-refractivity contribution in [3.63, 3.8) is 0 Å². The number of aryl methyl sites for hydroxylation is 1. The van der Waals surface area contributed by atoms with Crippen molar-refractivity contribution in [3.8, 4) is 0 Å². The van der Waals surface area contributed by atoms with E-state index in [0.29, 0.717) is 0 Å². The van der Waals surface area contributed by atoms with Crippen molar-refractivity contribution >= 4 is 5.91 Å². The smallest absolute Gasteiger partial charge is 1.00 e. The molecule has 16 heavy (non-hydrogen) atoms. The molecule has 1 amide bonds. The van der Waals surface area contributed by atoms with Crippen LogP contribution in [-0.4, -0.2) is 5.91 Å². The van der Waals surface area contributed by atoms with Crippen LogP contribution in [0.15, 0.2) is 24.3 Å². The normalized spacial score (nSPS) is 8.69. The summed E-state index contributed by atoms with van der Waals surface area (Å²) in [5.74, 6) is -0.0213. The van der Waals surface area contributed by atoms with Crippen molar-refractivity contribution in [3.05, 3.63) is 35.4 Å². The Balaban J connectivity index is 0. The van der Waals surface area contributed by atoms with Crippen molar-refractivity contribution in [2.75, 3.05) is 0 Å². The average Bonchev–Trinajstić information content (AvgIpc) is 2.26. The first-order valence-corrected chi connectivity index (χ1v) is 5.62. The molecule has 1 aromatic carbocycles. The third-order valence-corrected chi connectivity index (χ3v) is 2.50. The molecule has 0 heterocycles. The Morgan fingerprint density at radius 3 is 2.25 bits per heavy atom. The molecular formula is C11H14Cl2NOTi. The van der Waals surface area contributed by atoms with Gasteiger partial charge in [-0.2, -0.15) is 0 Å². The Kier molecular flexibility index (Phi) is 11.7. The third-order valence-electron chi connectivity index (χ3n) is 2.15. The van der Waals surface area contributed by atoms with Crippen molar-refractivity contribution in [1.29, 1.82) is 0 Å². The first kappa shape index (κ1) is 18.4. The zero-order valence-electron chi connectivity index (χ0n) is 9.09. The Morgan fingerprint density at radius 2 is 1.81 bits per heavy atom. The number of hydrogen-bond acceptors (Lipinski definition) is 1. The molecule has 1 N–H and O–H groups in total. The minimum Gasteiger partial charge on any atom is -1.00 e. The number of carbonyl (C=O) groups excluding carboxylic acids is 1. The van der Waals surface area contributed by atoms with E-state index in [1.807, 2.05) is 24.3 Å². The molecule has 0 saturated heterocycles. The number of unbranched alkanes of at least 4 members (excludes halogenated alkanes) is 1. The van der Waals surface area contributed by atoms with Gasteiger partial charge in [-0.3, -0.25) is 0 Å². The van der Waals surface area contributed by atoms with Crippen molar-refractivity contribution in [2.45, 2.75) is 26.2 Å². The topological polar surface area (TPSA) is 29.1 Å². The van der Waals surface area contributed by atoms with Crippen molar-refractivity contribution < 1.29 is 50.3 Å². The molecule has 87 valence electrons. The van der Waals surface area contributed by atoms with Crippen LogP contribution >= 0.6 is 0 Å². The molecule has 1 rings (SSSR count). The first-order valence-electron chi connectivity index (χ1n) is 4.84. The van der Waals surface area contributed by atoms with Crippen LogP contribution in [0.25, 0.3) is 0 Å². The largest absolute Gasteiger partial charge is 1.00 e. The molecule has 0 aliphatic rings. The van der Waals surface area contributed by atoms with Crippen LogP contribution in [0.2, 0.25) is 0 Å². The zero-order valence-corrected chi connectivity index (χ0v) is 12.2. The molecule has 0 atom stereocenters. The molecular weight excluding hydrogens is 281 g/mol. The van der Waals surface area contributed by atoms with Gasteiger partial charge in [0.1, 0.15) is 0 Å². The fourth-order valence-electron chi connectivity index (χ4n) is 1.28. The second kappa shape index (κ2) is 10.2.